The Morgan fingerprint density at radius 3 is 2.62 bits per heavy atom. The molecule has 0 unspecified atom stereocenters. The first kappa shape index (κ1) is 19.0. The zero-order valence-electron chi connectivity index (χ0n) is 15.9. The van der Waals surface area contributed by atoms with E-state index in [1.807, 2.05) is 6.07 Å². The largest absolute Gasteiger partial charge is 0.377 e. The number of methoxy groups -OCH3 is 1. The zero-order chi connectivity index (χ0) is 18.7. The molecule has 2 aromatic rings. The molecule has 0 atom stereocenters. The van der Waals surface area contributed by atoms with Crippen LogP contribution < -0.4 is 10.5 Å². The number of ether oxygens (including phenoxy) is 1. The highest BCUT2D eigenvalue weighted by atomic mass is 32.1. The van der Waals surface area contributed by atoms with Crippen LogP contribution in [-0.2, 0) is 23.3 Å². The van der Waals surface area contributed by atoms with Crippen molar-refractivity contribution in [3.63, 3.8) is 0 Å². The maximum atomic E-state index is 12.2. The van der Waals surface area contributed by atoms with Crippen molar-refractivity contribution in [1.82, 2.24) is 20.0 Å². The van der Waals surface area contributed by atoms with E-state index >= 15 is 0 Å². The lowest BCUT2D eigenvalue weighted by molar-refractivity contribution is 0.184. The van der Waals surface area contributed by atoms with Crippen LogP contribution in [0, 0.1) is 5.92 Å². The van der Waals surface area contributed by atoms with E-state index in [9.17, 15) is 4.79 Å². The standard InChI is InChI=1S/C18H27N5O2S/c1-18(2,3)14-5-6-16(24)23(21-14)11-13-7-9-22(10-8-13)17-20-19-15(26-17)12-25-4/h5-6,13H,7-12H2,1-4H3. The van der Waals surface area contributed by atoms with Crippen molar-refractivity contribution in [2.45, 2.75) is 52.2 Å². The predicted octanol–water partition coefficient (Wildman–Crippen LogP) is 2.46. The first-order valence-corrected chi connectivity index (χ1v) is 9.83. The Bertz CT molecular complexity index is 787. The van der Waals surface area contributed by atoms with Gasteiger partial charge in [0.1, 0.15) is 11.6 Å². The molecule has 1 aliphatic heterocycles. The molecule has 0 radical (unpaired) electrons. The molecule has 0 bridgehead atoms. The van der Waals surface area contributed by atoms with Gasteiger partial charge in [0, 0.05) is 38.2 Å². The number of aromatic nitrogens is 4. The van der Waals surface area contributed by atoms with E-state index in [0.717, 1.165) is 41.8 Å². The first-order valence-electron chi connectivity index (χ1n) is 9.01. The lowest BCUT2D eigenvalue weighted by atomic mass is 9.92. The van der Waals surface area contributed by atoms with Crippen LogP contribution >= 0.6 is 11.3 Å². The molecule has 1 saturated heterocycles. The van der Waals surface area contributed by atoms with Gasteiger partial charge >= 0.3 is 0 Å². The van der Waals surface area contributed by atoms with E-state index in [2.05, 4.69) is 41.0 Å². The van der Waals surface area contributed by atoms with Crippen LogP contribution in [0.1, 0.15) is 44.3 Å². The van der Waals surface area contributed by atoms with Crippen LogP contribution in [0.4, 0.5) is 5.13 Å². The molecule has 0 N–H and O–H groups in total. The van der Waals surface area contributed by atoms with Crippen molar-refractivity contribution in [2.24, 2.45) is 5.92 Å². The molecule has 0 amide bonds. The molecule has 3 rings (SSSR count). The van der Waals surface area contributed by atoms with Crippen LogP contribution in [0.3, 0.4) is 0 Å². The molecule has 3 heterocycles. The Labute approximate surface area is 158 Å². The summed E-state index contributed by atoms with van der Waals surface area (Å²) in [6.45, 7) is 9.39. The van der Waals surface area contributed by atoms with Gasteiger partial charge in [-0.1, -0.05) is 32.1 Å². The summed E-state index contributed by atoms with van der Waals surface area (Å²) in [6, 6.07) is 3.48. The molecule has 0 aliphatic carbocycles. The molecule has 26 heavy (non-hydrogen) atoms. The minimum Gasteiger partial charge on any atom is -0.377 e. The SMILES string of the molecule is COCc1nnc(N2CCC(Cn3nc(C(C)(C)C)ccc3=O)CC2)s1. The molecule has 1 fully saturated rings. The van der Waals surface area contributed by atoms with E-state index in [-0.39, 0.29) is 11.0 Å². The minimum atomic E-state index is -0.0590. The second kappa shape index (κ2) is 7.84. The summed E-state index contributed by atoms with van der Waals surface area (Å²) in [4.78, 5) is 14.5. The number of rotatable bonds is 5. The summed E-state index contributed by atoms with van der Waals surface area (Å²) >= 11 is 1.59. The van der Waals surface area contributed by atoms with Crippen LogP contribution in [-0.4, -0.2) is 40.2 Å². The van der Waals surface area contributed by atoms with Crippen LogP contribution in [0.15, 0.2) is 16.9 Å². The van der Waals surface area contributed by atoms with E-state index < -0.39 is 0 Å². The van der Waals surface area contributed by atoms with E-state index in [0.29, 0.717) is 19.1 Å². The normalized spacial score (nSPS) is 16.2. The van der Waals surface area contributed by atoms with Crippen molar-refractivity contribution in [2.75, 3.05) is 25.1 Å². The van der Waals surface area contributed by atoms with Gasteiger partial charge in [0.15, 0.2) is 0 Å². The summed E-state index contributed by atoms with van der Waals surface area (Å²) < 4.78 is 6.75. The molecular weight excluding hydrogens is 350 g/mol. The van der Waals surface area contributed by atoms with Crippen LogP contribution in [0.25, 0.3) is 0 Å². The average molecular weight is 378 g/mol. The van der Waals surface area contributed by atoms with Gasteiger partial charge in [-0.25, -0.2) is 4.68 Å². The van der Waals surface area contributed by atoms with Crippen molar-refractivity contribution in [3.05, 3.63) is 33.2 Å². The van der Waals surface area contributed by atoms with Gasteiger partial charge in [0.05, 0.1) is 5.69 Å². The molecule has 8 heteroatoms. The number of anilines is 1. The van der Waals surface area contributed by atoms with Gasteiger partial charge < -0.3 is 9.64 Å². The third-order valence-corrected chi connectivity index (χ3v) is 5.63. The fourth-order valence-electron chi connectivity index (χ4n) is 3.09. The summed E-state index contributed by atoms with van der Waals surface area (Å²) in [5, 5.41) is 14.9. The van der Waals surface area contributed by atoms with Crippen molar-refractivity contribution < 1.29 is 4.74 Å². The Morgan fingerprint density at radius 2 is 1.96 bits per heavy atom. The summed E-state index contributed by atoms with van der Waals surface area (Å²) in [7, 11) is 1.66. The number of hydrogen-bond donors (Lipinski definition) is 0. The molecule has 0 saturated carbocycles. The smallest absolute Gasteiger partial charge is 0.266 e. The van der Waals surface area contributed by atoms with Crippen LogP contribution in [0.2, 0.25) is 0 Å². The van der Waals surface area contributed by atoms with Gasteiger partial charge in [0.2, 0.25) is 5.13 Å². The lowest BCUT2D eigenvalue weighted by Crippen LogP contribution is -2.37. The highest BCUT2D eigenvalue weighted by molar-refractivity contribution is 7.15. The average Bonchev–Trinajstić information content (AvgIpc) is 3.05. The van der Waals surface area contributed by atoms with Gasteiger partial charge in [-0.2, -0.15) is 5.10 Å². The maximum Gasteiger partial charge on any atom is 0.266 e. The topological polar surface area (TPSA) is 73.1 Å². The van der Waals surface area contributed by atoms with E-state index in [1.165, 1.54) is 0 Å². The summed E-state index contributed by atoms with van der Waals surface area (Å²) in [5.74, 6) is 0.457. The predicted molar refractivity (Wildman–Crippen MR) is 103 cm³/mol. The fourth-order valence-corrected chi connectivity index (χ4v) is 3.95. The zero-order valence-corrected chi connectivity index (χ0v) is 16.8. The van der Waals surface area contributed by atoms with E-state index in [1.54, 1.807) is 29.2 Å². The van der Waals surface area contributed by atoms with Crippen molar-refractivity contribution >= 4 is 16.5 Å². The van der Waals surface area contributed by atoms with Crippen molar-refractivity contribution in [3.8, 4) is 0 Å². The summed E-state index contributed by atoms with van der Waals surface area (Å²) in [5.41, 5.74) is 0.874. The molecule has 142 valence electrons. The maximum absolute atomic E-state index is 12.2. The highest BCUT2D eigenvalue weighted by Gasteiger charge is 2.23. The number of piperidine rings is 1. The minimum absolute atomic E-state index is 0.0197. The van der Waals surface area contributed by atoms with Crippen molar-refractivity contribution in [1.29, 1.82) is 0 Å². The van der Waals surface area contributed by atoms with Gasteiger partial charge in [-0.15, -0.1) is 10.2 Å². The molecule has 0 aromatic carbocycles. The Balaban J connectivity index is 1.61. The summed E-state index contributed by atoms with van der Waals surface area (Å²) in [6.07, 6.45) is 2.04. The Kier molecular flexibility index (Phi) is 5.72. The monoisotopic (exact) mass is 377 g/mol. The van der Waals surface area contributed by atoms with Crippen LogP contribution in [0.5, 0.6) is 0 Å². The quantitative estimate of drug-likeness (QED) is 0.797. The highest BCUT2D eigenvalue weighted by Crippen LogP contribution is 2.27. The third kappa shape index (κ3) is 4.48. The van der Waals surface area contributed by atoms with Gasteiger partial charge in [-0.3, -0.25) is 4.79 Å². The number of hydrogen-bond acceptors (Lipinski definition) is 7. The molecule has 7 nitrogen and oxygen atoms in total. The lowest BCUT2D eigenvalue weighted by Gasteiger charge is -2.31. The molecule has 2 aromatic heterocycles. The molecule has 1 aliphatic rings. The van der Waals surface area contributed by atoms with Gasteiger partial charge in [-0.05, 0) is 24.8 Å². The third-order valence-electron chi connectivity index (χ3n) is 4.68. The Morgan fingerprint density at radius 1 is 1.23 bits per heavy atom. The van der Waals surface area contributed by atoms with Gasteiger partial charge in [0.25, 0.3) is 5.56 Å². The number of nitrogens with zero attached hydrogens (tertiary/aromatic N) is 5. The molecular formula is C18H27N5O2S. The molecule has 0 spiro atoms. The fraction of sp³-hybridized carbons (Fsp3) is 0.667. The second-order valence-electron chi connectivity index (χ2n) is 7.83. The first-order chi connectivity index (χ1) is 12.4. The van der Waals surface area contributed by atoms with E-state index in [4.69, 9.17) is 4.74 Å². The Hall–Kier alpha value is -1.80. The second-order valence-corrected chi connectivity index (χ2v) is 8.87.